The van der Waals surface area contributed by atoms with Gasteiger partial charge in [0.15, 0.2) is 0 Å². The smallest absolute Gasteiger partial charge is 0.218 e. The highest BCUT2D eigenvalue weighted by atomic mass is 79.9. The maximum Gasteiger partial charge on any atom is 0.218 e. The summed E-state index contributed by atoms with van der Waals surface area (Å²) >= 11 is 3.11. The number of benzene rings is 1. The van der Waals surface area contributed by atoms with E-state index in [2.05, 4.69) is 15.9 Å². The van der Waals surface area contributed by atoms with Crippen LogP contribution in [0.4, 0.5) is 4.39 Å². The number of halogens is 2. The van der Waals surface area contributed by atoms with Gasteiger partial charge in [0.05, 0.1) is 12.4 Å². The second-order valence-corrected chi connectivity index (χ2v) is 6.59. The molecule has 102 valence electrons. The van der Waals surface area contributed by atoms with Gasteiger partial charge < -0.3 is 5.11 Å². The topological polar surface area (TPSA) is 57.6 Å². The van der Waals surface area contributed by atoms with Crippen molar-refractivity contribution in [2.45, 2.75) is 12.7 Å². The van der Waals surface area contributed by atoms with Crippen LogP contribution in [0.25, 0.3) is 0 Å². The van der Waals surface area contributed by atoms with Gasteiger partial charge in [-0.05, 0) is 12.1 Å². The van der Waals surface area contributed by atoms with E-state index in [1.165, 1.54) is 12.1 Å². The van der Waals surface area contributed by atoms with Gasteiger partial charge in [0, 0.05) is 23.1 Å². The third-order valence-electron chi connectivity index (χ3n) is 2.45. The van der Waals surface area contributed by atoms with Crippen LogP contribution in [-0.2, 0) is 15.8 Å². The van der Waals surface area contributed by atoms with Crippen molar-refractivity contribution < 1.29 is 17.9 Å². The summed E-state index contributed by atoms with van der Waals surface area (Å²) in [6, 6.07) is 4.26. The predicted molar refractivity (Wildman–Crippen MR) is 71.1 cm³/mol. The van der Waals surface area contributed by atoms with E-state index in [1.807, 2.05) is 0 Å². The van der Waals surface area contributed by atoms with E-state index < -0.39 is 21.6 Å². The van der Waals surface area contributed by atoms with Gasteiger partial charge in [-0.2, -0.15) is 4.31 Å². The van der Waals surface area contributed by atoms with Crippen molar-refractivity contribution >= 4 is 26.0 Å². The summed E-state index contributed by atoms with van der Waals surface area (Å²) in [5.41, 5.74) is 0.120. The minimum absolute atomic E-state index is 0.0248. The van der Waals surface area contributed by atoms with Gasteiger partial charge >= 0.3 is 0 Å². The van der Waals surface area contributed by atoms with E-state index in [4.69, 9.17) is 5.11 Å². The van der Waals surface area contributed by atoms with E-state index in [-0.39, 0.29) is 25.3 Å². The Labute approximate surface area is 115 Å². The maximum atomic E-state index is 13.6. The predicted octanol–water partition coefficient (Wildman–Crippen LogP) is 1.73. The van der Waals surface area contributed by atoms with Crippen molar-refractivity contribution in [2.75, 3.05) is 19.7 Å². The molecule has 0 amide bonds. The van der Waals surface area contributed by atoms with Crippen LogP contribution in [0.2, 0.25) is 0 Å². The van der Waals surface area contributed by atoms with Crippen LogP contribution in [-0.4, -0.2) is 37.5 Å². The molecule has 0 radical (unpaired) electrons. The van der Waals surface area contributed by atoms with Crippen molar-refractivity contribution in [1.29, 1.82) is 0 Å². The number of aliphatic hydroxyl groups is 1. The summed E-state index contributed by atoms with van der Waals surface area (Å²) in [6.07, 6.45) is 0. The molecule has 0 bridgehead atoms. The van der Waals surface area contributed by atoms with E-state index in [1.54, 1.807) is 13.0 Å². The van der Waals surface area contributed by atoms with Crippen molar-refractivity contribution in [2.24, 2.45) is 0 Å². The third kappa shape index (κ3) is 4.01. The Bertz CT molecular complexity index is 507. The molecule has 0 aromatic heterocycles. The van der Waals surface area contributed by atoms with Gasteiger partial charge in [0.25, 0.3) is 0 Å². The lowest BCUT2D eigenvalue weighted by atomic mass is 10.2. The number of likely N-dealkylation sites (N-methyl/N-ethyl adjacent to an activating group) is 1. The Kier molecular flexibility index (Phi) is 5.71. The normalized spacial score (nSPS) is 12.1. The molecule has 4 nitrogen and oxygen atoms in total. The van der Waals surface area contributed by atoms with Gasteiger partial charge in [-0.1, -0.05) is 28.9 Å². The standard InChI is InChI=1S/C11H15BrFNO3S/c1-2-14(5-6-15)18(16,17)8-9-3-4-10(12)7-11(9)13/h3-4,7,15H,2,5-6,8H2,1H3. The molecular weight excluding hydrogens is 325 g/mol. The van der Waals surface area contributed by atoms with Crippen molar-refractivity contribution in [3.05, 3.63) is 34.1 Å². The van der Waals surface area contributed by atoms with Crippen LogP contribution in [0.3, 0.4) is 0 Å². The number of nitrogens with zero attached hydrogens (tertiary/aromatic N) is 1. The Morgan fingerprint density at radius 1 is 1.44 bits per heavy atom. The van der Waals surface area contributed by atoms with Crippen LogP contribution in [0.5, 0.6) is 0 Å². The lowest BCUT2D eigenvalue weighted by Gasteiger charge is -2.19. The quantitative estimate of drug-likeness (QED) is 0.858. The summed E-state index contributed by atoms with van der Waals surface area (Å²) in [6.45, 7) is 1.69. The number of aliphatic hydroxyl groups excluding tert-OH is 1. The molecule has 1 aromatic carbocycles. The highest BCUT2D eigenvalue weighted by molar-refractivity contribution is 9.10. The summed E-state index contributed by atoms with van der Waals surface area (Å²) in [7, 11) is -3.60. The Morgan fingerprint density at radius 3 is 2.61 bits per heavy atom. The molecule has 0 saturated carbocycles. The first-order valence-electron chi connectivity index (χ1n) is 5.43. The minimum Gasteiger partial charge on any atom is -0.395 e. The zero-order chi connectivity index (χ0) is 13.8. The molecule has 18 heavy (non-hydrogen) atoms. The number of hydrogen-bond acceptors (Lipinski definition) is 3. The van der Waals surface area contributed by atoms with Gasteiger partial charge in [0.2, 0.25) is 10.0 Å². The Morgan fingerprint density at radius 2 is 2.11 bits per heavy atom. The van der Waals surface area contributed by atoms with Crippen LogP contribution in [0.1, 0.15) is 12.5 Å². The zero-order valence-electron chi connectivity index (χ0n) is 9.94. The Balaban J connectivity index is 2.94. The second kappa shape index (κ2) is 6.60. The van der Waals surface area contributed by atoms with Crippen molar-refractivity contribution in [3.8, 4) is 0 Å². The molecule has 1 rings (SSSR count). The number of hydrogen-bond donors (Lipinski definition) is 1. The molecule has 0 aliphatic rings. The van der Waals surface area contributed by atoms with Crippen molar-refractivity contribution in [3.63, 3.8) is 0 Å². The van der Waals surface area contributed by atoms with E-state index in [9.17, 15) is 12.8 Å². The minimum atomic E-state index is -3.60. The molecular formula is C11H15BrFNO3S. The van der Waals surface area contributed by atoms with E-state index >= 15 is 0 Å². The highest BCUT2D eigenvalue weighted by Crippen LogP contribution is 2.18. The lowest BCUT2D eigenvalue weighted by Crippen LogP contribution is -2.34. The van der Waals surface area contributed by atoms with Gasteiger partial charge in [-0.15, -0.1) is 0 Å². The molecule has 0 atom stereocenters. The summed E-state index contributed by atoms with van der Waals surface area (Å²) < 4.78 is 39.3. The van der Waals surface area contributed by atoms with Crippen LogP contribution >= 0.6 is 15.9 Å². The van der Waals surface area contributed by atoms with Gasteiger partial charge in [0.1, 0.15) is 5.82 Å². The second-order valence-electron chi connectivity index (χ2n) is 3.71. The average molecular weight is 340 g/mol. The molecule has 0 unspecified atom stereocenters. The molecule has 1 N–H and O–H groups in total. The first-order chi connectivity index (χ1) is 8.40. The summed E-state index contributed by atoms with van der Waals surface area (Å²) in [5, 5.41) is 8.80. The van der Waals surface area contributed by atoms with Crippen molar-refractivity contribution in [1.82, 2.24) is 4.31 Å². The largest absolute Gasteiger partial charge is 0.395 e. The fourth-order valence-electron chi connectivity index (χ4n) is 1.53. The summed E-state index contributed by atoms with van der Waals surface area (Å²) in [5.74, 6) is -0.965. The fraction of sp³-hybridized carbons (Fsp3) is 0.455. The molecule has 7 heteroatoms. The average Bonchev–Trinajstić information content (AvgIpc) is 2.29. The van der Waals surface area contributed by atoms with Crippen LogP contribution in [0.15, 0.2) is 22.7 Å². The first-order valence-corrected chi connectivity index (χ1v) is 7.83. The van der Waals surface area contributed by atoms with Crippen LogP contribution in [0, 0.1) is 5.82 Å². The molecule has 1 aromatic rings. The van der Waals surface area contributed by atoms with Crippen LogP contribution < -0.4 is 0 Å². The lowest BCUT2D eigenvalue weighted by molar-refractivity contribution is 0.257. The summed E-state index contributed by atoms with van der Waals surface area (Å²) in [4.78, 5) is 0. The molecule has 0 aliphatic heterocycles. The van der Waals surface area contributed by atoms with E-state index in [0.717, 1.165) is 4.31 Å². The van der Waals surface area contributed by atoms with E-state index in [0.29, 0.717) is 4.47 Å². The first kappa shape index (κ1) is 15.6. The number of rotatable bonds is 6. The Hall–Kier alpha value is -0.500. The SMILES string of the molecule is CCN(CCO)S(=O)(=O)Cc1ccc(Br)cc1F. The third-order valence-corrected chi connectivity index (χ3v) is 4.85. The molecule has 0 aliphatic carbocycles. The molecule has 0 heterocycles. The van der Waals surface area contributed by atoms with Gasteiger partial charge in [-0.25, -0.2) is 12.8 Å². The highest BCUT2D eigenvalue weighted by Gasteiger charge is 2.22. The monoisotopic (exact) mass is 339 g/mol. The number of sulfonamides is 1. The maximum absolute atomic E-state index is 13.6. The molecule has 0 spiro atoms. The molecule has 0 saturated heterocycles. The van der Waals surface area contributed by atoms with Gasteiger partial charge in [-0.3, -0.25) is 0 Å². The molecule has 0 fully saturated rings. The fourth-order valence-corrected chi connectivity index (χ4v) is 3.43. The zero-order valence-corrected chi connectivity index (χ0v) is 12.3.